The lowest BCUT2D eigenvalue weighted by molar-refractivity contribution is -0.154. The highest BCUT2D eigenvalue weighted by atomic mass is 19.4. The van der Waals surface area contributed by atoms with E-state index in [1.165, 1.54) is 6.20 Å². The molecule has 0 aromatic carbocycles. The molecule has 22 heavy (non-hydrogen) atoms. The van der Waals surface area contributed by atoms with Crippen molar-refractivity contribution < 1.29 is 31.6 Å². The molecule has 0 N–H and O–H groups in total. The number of aromatic nitrogens is 1. The molecule has 1 saturated heterocycles. The highest BCUT2D eigenvalue weighted by Crippen LogP contribution is 2.36. The number of nitrogens with zero attached hydrogens (tertiary/aromatic N) is 1. The molecule has 0 radical (unpaired) electrons. The van der Waals surface area contributed by atoms with E-state index in [0.29, 0.717) is 0 Å². The van der Waals surface area contributed by atoms with Gasteiger partial charge in [0, 0.05) is 11.7 Å². The van der Waals surface area contributed by atoms with Crippen LogP contribution in [0.3, 0.4) is 0 Å². The summed E-state index contributed by atoms with van der Waals surface area (Å²) in [6.07, 6.45) is -3.38. The van der Waals surface area contributed by atoms with Crippen LogP contribution in [0.1, 0.15) is 27.7 Å². The summed E-state index contributed by atoms with van der Waals surface area (Å²) in [5, 5.41) is 0. The van der Waals surface area contributed by atoms with Crippen LogP contribution in [0.2, 0.25) is 0 Å². The van der Waals surface area contributed by atoms with Crippen molar-refractivity contribution in [3.05, 3.63) is 18.1 Å². The Morgan fingerprint density at radius 1 is 1.18 bits per heavy atom. The van der Waals surface area contributed by atoms with Crippen LogP contribution in [0, 0.1) is 5.82 Å². The third-order valence-corrected chi connectivity index (χ3v) is 3.73. The van der Waals surface area contributed by atoms with Gasteiger partial charge in [-0.15, -0.1) is 0 Å². The van der Waals surface area contributed by atoms with E-state index in [-0.39, 0.29) is 5.46 Å². The number of halogens is 4. The Balaban J connectivity index is 2.14. The summed E-state index contributed by atoms with van der Waals surface area (Å²) in [7, 11) is -0.844. The maximum Gasteiger partial charge on any atom is 0.496 e. The lowest BCUT2D eigenvalue weighted by Crippen LogP contribution is -2.41. The summed E-state index contributed by atoms with van der Waals surface area (Å²) in [5.41, 5.74) is -0.949. The number of hydrogen-bond donors (Lipinski definition) is 0. The molecule has 1 aliphatic heterocycles. The lowest BCUT2D eigenvalue weighted by Gasteiger charge is -2.32. The zero-order valence-electron chi connectivity index (χ0n) is 12.6. The predicted octanol–water partition coefficient (Wildman–Crippen LogP) is 2.46. The van der Waals surface area contributed by atoms with Gasteiger partial charge in [0.25, 0.3) is 5.88 Å². The first-order valence-electron chi connectivity index (χ1n) is 6.62. The maximum absolute atomic E-state index is 13.8. The molecule has 1 aromatic rings. The molecular weight excluding hydrogens is 305 g/mol. The average Bonchev–Trinajstić information content (AvgIpc) is 2.56. The molecule has 9 heteroatoms. The smallest absolute Gasteiger partial charge is 0.466 e. The topological polar surface area (TPSA) is 40.6 Å². The molecule has 0 spiro atoms. The second kappa shape index (κ2) is 5.38. The lowest BCUT2D eigenvalue weighted by atomic mass is 9.80. The zero-order valence-corrected chi connectivity index (χ0v) is 12.6. The van der Waals surface area contributed by atoms with Crippen molar-refractivity contribution in [1.82, 2.24) is 4.98 Å². The third-order valence-electron chi connectivity index (χ3n) is 3.73. The molecule has 0 amide bonds. The Labute approximate surface area is 125 Å². The Hall–Kier alpha value is -1.35. The SMILES string of the molecule is CC1(C)OB(c2cnc(OCC(F)(F)F)c(F)c2)OC1(C)C. The van der Waals surface area contributed by atoms with Crippen LogP contribution < -0.4 is 10.2 Å². The van der Waals surface area contributed by atoms with Crippen LogP contribution in [0.4, 0.5) is 17.6 Å². The average molecular weight is 321 g/mol. The predicted molar refractivity (Wildman–Crippen MR) is 71.5 cm³/mol. The highest BCUT2D eigenvalue weighted by Gasteiger charge is 2.52. The van der Waals surface area contributed by atoms with Crippen LogP contribution in [0.15, 0.2) is 12.3 Å². The summed E-state index contributed by atoms with van der Waals surface area (Å²) in [6, 6.07) is 1.00. The summed E-state index contributed by atoms with van der Waals surface area (Å²) in [4.78, 5) is 3.56. The minimum atomic E-state index is -4.56. The molecule has 2 rings (SSSR count). The van der Waals surface area contributed by atoms with Gasteiger partial charge in [-0.1, -0.05) is 0 Å². The van der Waals surface area contributed by atoms with Gasteiger partial charge < -0.3 is 14.0 Å². The number of rotatable bonds is 3. The second-order valence-electron chi connectivity index (χ2n) is 6.05. The normalized spacial score (nSPS) is 20.3. The summed E-state index contributed by atoms with van der Waals surface area (Å²) in [6.45, 7) is 5.72. The zero-order chi connectivity index (χ0) is 16.8. The number of alkyl halides is 3. The molecule has 0 atom stereocenters. The monoisotopic (exact) mass is 321 g/mol. The van der Waals surface area contributed by atoms with Crippen LogP contribution in [0.25, 0.3) is 0 Å². The highest BCUT2D eigenvalue weighted by molar-refractivity contribution is 6.62. The van der Waals surface area contributed by atoms with Crippen molar-refractivity contribution >= 4 is 12.6 Å². The van der Waals surface area contributed by atoms with Gasteiger partial charge in [-0.05, 0) is 33.8 Å². The van der Waals surface area contributed by atoms with Gasteiger partial charge in [-0.3, -0.25) is 0 Å². The summed E-state index contributed by atoms with van der Waals surface area (Å²) >= 11 is 0. The summed E-state index contributed by atoms with van der Waals surface area (Å²) < 4.78 is 65.7. The van der Waals surface area contributed by atoms with E-state index in [1.807, 2.05) is 27.7 Å². The van der Waals surface area contributed by atoms with Gasteiger partial charge in [-0.2, -0.15) is 13.2 Å². The van der Waals surface area contributed by atoms with Gasteiger partial charge in [0.2, 0.25) is 0 Å². The fraction of sp³-hybridized carbons (Fsp3) is 0.615. The number of hydrogen-bond acceptors (Lipinski definition) is 4. The summed E-state index contributed by atoms with van der Waals surface area (Å²) in [5.74, 6) is -1.71. The molecule has 122 valence electrons. The molecule has 0 bridgehead atoms. The van der Waals surface area contributed by atoms with E-state index < -0.39 is 42.8 Å². The molecular formula is C13H16BF4NO3. The van der Waals surface area contributed by atoms with Crippen molar-refractivity contribution in [2.75, 3.05) is 6.61 Å². The van der Waals surface area contributed by atoms with E-state index in [1.54, 1.807) is 0 Å². The molecule has 0 aliphatic carbocycles. The second-order valence-corrected chi connectivity index (χ2v) is 6.05. The minimum Gasteiger partial charge on any atom is -0.466 e. The van der Waals surface area contributed by atoms with Gasteiger partial charge >= 0.3 is 13.3 Å². The van der Waals surface area contributed by atoms with Crippen molar-refractivity contribution in [3.8, 4) is 5.88 Å². The molecule has 2 heterocycles. The Kier molecular flexibility index (Phi) is 4.16. The van der Waals surface area contributed by atoms with E-state index in [0.717, 1.165) is 6.07 Å². The first-order valence-corrected chi connectivity index (χ1v) is 6.62. The van der Waals surface area contributed by atoms with Gasteiger partial charge in [-0.25, -0.2) is 9.37 Å². The Morgan fingerprint density at radius 2 is 1.73 bits per heavy atom. The van der Waals surface area contributed by atoms with Crippen molar-refractivity contribution in [1.29, 1.82) is 0 Å². The first kappa shape index (κ1) is 17.0. The fourth-order valence-electron chi connectivity index (χ4n) is 1.80. The Bertz CT molecular complexity index is 547. The molecule has 1 fully saturated rings. The molecule has 4 nitrogen and oxygen atoms in total. The molecule has 0 saturated carbocycles. The quantitative estimate of drug-likeness (QED) is 0.633. The van der Waals surface area contributed by atoms with E-state index in [4.69, 9.17) is 9.31 Å². The van der Waals surface area contributed by atoms with E-state index in [2.05, 4.69) is 9.72 Å². The first-order chi connectivity index (χ1) is 9.91. The van der Waals surface area contributed by atoms with Gasteiger partial charge in [0.1, 0.15) is 0 Å². The number of ether oxygens (including phenoxy) is 1. The fourth-order valence-corrected chi connectivity index (χ4v) is 1.80. The third kappa shape index (κ3) is 3.52. The van der Waals surface area contributed by atoms with Crippen molar-refractivity contribution in [3.63, 3.8) is 0 Å². The van der Waals surface area contributed by atoms with Crippen molar-refractivity contribution in [2.24, 2.45) is 0 Å². The van der Waals surface area contributed by atoms with Crippen LogP contribution in [0.5, 0.6) is 5.88 Å². The van der Waals surface area contributed by atoms with Crippen LogP contribution in [-0.4, -0.2) is 36.1 Å². The molecule has 0 unspecified atom stereocenters. The van der Waals surface area contributed by atoms with Crippen molar-refractivity contribution in [2.45, 2.75) is 45.1 Å². The van der Waals surface area contributed by atoms with Crippen LogP contribution >= 0.6 is 0 Å². The van der Waals surface area contributed by atoms with E-state index in [9.17, 15) is 17.6 Å². The van der Waals surface area contributed by atoms with E-state index >= 15 is 0 Å². The standard InChI is InChI=1S/C13H16BF4NO3/c1-11(2)12(3,4)22-14(21-11)8-5-9(15)10(19-6-8)20-7-13(16,17)18/h5-6H,7H2,1-4H3. The molecule has 1 aromatic heterocycles. The minimum absolute atomic E-state index is 0.274. The largest absolute Gasteiger partial charge is 0.496 e. The maximum atomic E-state index is 13.8. The Morgan fingerprint density at radius 3 is 2.18 bits per heavy atom. The number of pyridine rings is 1. The van der Waals surface area contributed by atoms with Gasteiger partial charge in [0.15, 0.2) is 12.4 Å². The van der Waals surface area contributed by atoms with Gasteiger partial charge in [0.05, 0.1) is 11.2 Å². The molecule has 1 aliphatic rings. The van der Waals surface area contributed by atoms with Crippen LogP contribution in [-0.2, 0) is 9.31 Å².